The fourth-order valence-corrected chi connectivity index (χ4v) is 5.05. The highest BCUT2D eigenvalue weighted by Crippen LogP contribution is 2.47. The van der Waals surface area contributed by atoms with Crippen molar-refractivity contribution in [2.45, 2.75) is 16.6 Å². The third-order valence-electron chi connectivity index (χ3n) is 3.83. The van der Waals surface area contributed by atoms with Crippen LogP contribution in [0.5, 0.6) is 0 Å². The topological polar surface area (TPSA) is 12.4 Å². The maximum Gasteiger partial charge on any atom is 0.0769 e. The number of thiophene rings is 1. The summed E-state index contributed by atoms with van der Waals surface area (Å²) in [5.74, 6) is 0. The van der Waals surface area contributed by atoms with Gasteiger partial charge in [-0.2, -0.15) is 0 Å². The Balaban J connectivity index is 1.82. The number of nitrogens with zero attached hydrogens (tertiary/aromatic N) is 1. The van der Waals surface area contributed by atoms with Crippen molar-refractivity contribution in [2.24, 2.45) is 4.99 Å². The second-order valence-corrected chi connectivity index (χ2v) is 7.94. The summed E-state index contributed by atoms with van der Waals surface area (Å²) in [6.45, 7) is 0. The molecule has 0 unspecified atom stereocenters. The first-order valence-electron chi connectivity index (χ1n) is 7.43. The van der Waals surface area contributed by atoms with Crippen molar-refractivity contribution in [3.8, 4) is 0 Å². The molecule has 2 heterocycles. The number of rotatable bonds is 2. The van der Waals surface area contributed by atoms with Crippen molar-refractivity contribution < 1.29 is 0 Å². The van der Waals surface area contributed by atoms with Crippen LogP contribution in [0.25, 0.3) is 0 Å². The van der Waals surface area contributed by atoms with Crippen LogP contribution in [0.3, 0.4) is 0 Å². The van der Waals surface area contributed by atoms with Crippen molar-refractivity contribution in [1.29, 1.82) is 0 Å². The van der Waals surface area contributed by atoms with Gasteiger partial charge in [0, 0.05) is 26.5 Å². The molecule has 1 atom stereocenters. The lowest BCUT2D eigenvalue weighted by Gasteiger charge is -2.17. The first-order chi connectivity index (χ1) is 11.3. The van der Waals surface area contributed by atoms with E-state index in [9.17, 15) is 0 Å². The van der Waals surface area contributed by atoms with Crippen molar-refractivity contribution >= 4 is 46.1 Å². The molecule has 1 aliphatic heterocycles. The molecular formula is C19H14ClNS2. The van der Waals surface area contributed by atoms with E-state index in [0.29, 0.717) is 0 Å². The normalized spacial score (nSPS) is 17.3. The molecule has 0 amide bonds. The summed E-state index contributed by atoms with van der Waals surface area (Å²) < 4.78 is 0. The van der Waals surface area contributed by atoms with Gasteiger partial charge in [-0.25, -0.2) is 0 Å². The Bertz CT molecular complexity index is 855. The summed E-state index contributed by atoms with van der Waals surface area (Å²) in [7, 11) is 0. The van der Waals surface area contributed by atoms with Gasteiger partial charge in [-0.05, 0) is 35.2 Å². The van der Waals surface area contributed by atoms with Gasteiger partial charge in [0.2, 0.25) is 0 Å². The van der Waals surface area contributed by atoms with Crippen molar-refractivity contribution in [2.75, 3.05) is 0 Å². The predicted octanol–water partition coefficient (Wildman–Crippen LogP) is 6.76. The zero-order valence-corrected chi connectivity index (χ0v) is 14.7. The van der Waals surface area contributed by atoms with Crippen LogP contribution in [0.4, 0.5) is 5.69 Å². The molecule has 0 saturated heterocycles. The van der Waals surface area contributed by atoms with Crippen LogP contribution in [0, 0.1) is 0 Å². The molecule has 23 heavy (non-hydrogen) atoms. The van der Waals surface area contributed by atoms with Gasteiger partial charge in [-0.3, -0.25) is 4.99 Å². The van der Waals surface area contributed by atoms with E-state index < -0.39 is 0 Å². The van der Waals surface area contributed by atoms with Crippen LogP contribution in [0.1, 0.15) is 22.1 Å². The van der Waals surface area contributed by atoms with Crippen LogP contribution < -0.4 is 0 Å². The highest BCUT2D eigenvalue weighted by Gasteiger charge is 2.24. The molecule has 0 saturated carbocycles. The molecule has 114 valence electrons. The van der Waals surface area contributed by atoms with Crippen LogP contribution >= 0.6 is 34.7 Å². The molecule has 0 spiro atoms. The number of thioether (sulfide) groups is 1. The summed E-state index contributed by atoms with van der Waals surface area (Å²) in [5, 5.41) is 3.20. The van der Waals surface area contributed by atoms with E-state index >= 15 is 0 Å². The lowest BCUT2D eigenvalue weighted by atomic mass is 10.1. The second-order valence-electron chi connectivity index (χ2n) is 5.34. The Hall–Kier alpha value is -1.55. The van der Waals surface area contributed by atoms with E-state index in [0.717, 1.165) is 22.8 Å². The standard InChI is InChI=1S/C19H14ClNS2/c20-14-7-2-1-6-13(14)19-12-16(17-10-5-11-22-17)21-15-8-3-4-9-18(15)23-19/h1-11,19H,12H2/t19-/m0/s1. The quantitative estimate of drug-likeness (QED) is 0.494. The van der Waals surface area contributed by atoms with E-state index in [1.165, 1.54) is 15.3 Å². The minimum atomic E-state index is 0.271. The molecule has 2 aromatic carbocycles. The van der Waals surface area contributed by atoms with Crippen LogP contribution in [-0.2, 0) is 0 Å². The molecular weight excluding hydrogens is 342 g/mol. The van der Waals surface area contributed by atoms with Gasteiger partial charge in [-0.1, -0.05) is 48.0 Å². The molecule has 0 fully saturated rings. The zero-order chi connectivity index (χ0) is 15.6. The minimum absolute atomic E-state index is 0.271. The number of halogens is 1. The average molecular weight is 356 g/mol. The monoisotopic (exact) mass is 355 g/mol. The summed E-state index contributed by atoms with van der Waals surface area (Å²) in [4.78, 5) is 7.40. The van der Waals surface area contributed by atoms with E-state index in [-0.39, 0.29) is 5.25 Å². The second kappa shape index (κ2) is 6.52. The average Bonchev–Trinajstić information content (AvgIpc) is 3.03. The smallest absolute Gasteiger partial charge is 0.0769 e. The number of hydrogen-bond donors (Lipinski definition) is 0. The lowest BCUT2D eigenvalue weighted by Crippen LogP contribution is -2.04. The van der Waals surface area contributed by atoms with E-state index in [1.807, 2.05) is 30.0 Å². The van der Waals surface area contributed by atoms with Gasteiger partial charge >= 0.3 is 0 Å². The molecule has 3 aromatic rings. The minimum Gasteiger partial charge on any atom is -0.251 e. The van der Waals surface area contributed by atoms with E-state index in [1.54, 1.807) is 11.3 Å². The van der Waals surface area contributed by atoms with Crippen LogP contribution in [0.2, 0.25) is 5.02 Å². The highest BCUT2D eigenvalue weighted by atomic mass is 35.5. The summed E-state index contributed by atoms with van der Waals surface area (Å²) in [5.41, 5.74) is 3.37. The molecule has 1 aliphatic rings. The molecule has 0 radical (unpaired) electrons. The fraction of sp³-hybridized carbons (Fsp3) is 0.105. The number of aliphatic imine (C=N–C) groups is 1. The highest BCUT2D eigenvalue weighted by molar-refractivity contribution is 7.99. The first-order valence-corrected chi connectivity index (χ1v) is 9.56. The molecule has 0 bridgehead atoms. The number of fused-ring (bicyclic) bond motifs is 1. The van der Waals surface area contributed by atoms with Crippen LogP contribution in [0.15, 0.2) is 75.9 Å². The zero-order valence-electron chi connectivity index (χ0n) is 12.3. The fourth-order valence-electron chi connectivity index (χ4n) is 2.72. The summed E-state index contributed by atoms with van der Waals surface area (Å²) in [6, 6.07) is 20.7. The van der Waals surface area contributed by atoms with Gasteiger partial charge in [0.1, 0.15) is 0 Å². The molecule has 4 rings (SSSR count). The number of para-hydroxylation sites is 1. The predicted molar refractivity (Wildman–Crippen MR) is 102 cm³/mol. The number of hydrogen-bond acceptors (Lipinski definition) is 3. The maximum absolute atomic E-state index is 6.46. The van der Waals surface area contributed by atoms with Gasteiger partial charge in [0.05, 0.1) is 11.4 Å². The first kappa shape index (κ1) is 15.0. The SMILES string of the molecule is Clc1ccccc1[C@@H]1CC(c2cccs2)=Nc2ccccc2S1. The van der Waals surface area contributed by atoms with Gasteiger partial charge in [0.15, 0.2) is 0 Å². The molecule has 1 aromatic heterocycles. The molecule has 0 N–H and O–H groups in total. The Kier molecular flexibility index (Phi) is 4.25. The van der Waals surface area contributed by atoms with Gasteiger partial charge < -0.3 is 0 Å². The third kappa shape index (κ3) is 3.09. The van der Waals surface area contributed by atoms with Crippen LogP contribution in [-0.4, -0.2) is 5.71 Å². The third-order valence-corrected chi connectivity index (χ3v) is 6.39. The Morgan fingerprint density at radius 2 is 1.78 bits per heavy atom. The van der Waals surface area contributed by atoms with Crippen molar-refractivity contribution in [3.05, 3.63) is 81.5 Å². The Labute approximate surface area is 149 Å². The maximum atomic E-state index is 6.46. The van der Waals surface area contributed by atoms with Crippen molar-refractivity contribution in [1.82, 2.24) is 0 Å². The Morgan fingerprint density at radius 3 is 2.61 bits per heavy atom. The Morgan fingerprint density at radius 1 is 0.957 bits per heavy atom. The summed E-state index contributed by atoms with van der Waals surface area (Å²) >= 11 is 10.1. The van der Waals surface area contributed by atoms with Gasteiger partial charge in [0.25, 0.3) is 0 Å². The molecule has 4 heteroatoms. The van der Waals surface area contributed by atoms with E-state index in [2.05, 4.69) is 47.8 Å². The van der Waals surface area contributed by atoms with Crippen molar-refractivity contribution in [3.63, 3.8) is 0 Å². The molecule has 1 nitrogen and oxygen atoms in total. The summed E-state index contributed by atoms with van der Waals surface area (Å²) in [6.07, 6.45) is 0.879. The van der Waals surface area contributed by atoms with E-state index in [4.69, 9.17) is 16.6 Å². The van der Waals surface area contributed by atoms with Gasteiger partial charge in [-0.15, -0.1) is 23.1 Å². The molecule has 0 aliphatic carbocycles. The lowest BCUT2D eigenvalue weighted by molar-refractivity contribution is 1.01. The number of benzene rings is 2. The largest absolute Gasteiger partial charge is 0.251 e.